The molecule has 1 aromatic heterocycles. The standard InChI is InChI=1S/C16H21N5OS/c17-14-13(15(22)20-12-7-4-8-18-10-12)23-16(21-14)19-9-11-5-2-1-3-6-11/h1-3,5-6,12,18H,4,7-10,17H2,(H,19,21)(H,20,22). The fraction of sp³-hybridized carbons (Fsp3) is 0.375. The first-order chi connectivity index (χ1) is 11.2. The minimum Gasteiger partial charge on any atom is -0.382 e. The lowest BCUT2D eigenvalue weighted by atomic mass is 10.1. The van der Waals surface area contributed by atoms with E-state index in [2.05, 4.69) is 20.9 Å². The van der Waals surface area contributed by atoms with Gasteiger partial charge < -0.3 is 21.7 Å². The van der Waals surface area contributed by atoms with Crippen molar-refractivity contribution in [3.63, 3.8) is 0 Å². The molecular weight excluding hydrogens is 310 g/mol. The first-order valence-corrected chi connectivity index (χ1v) is 8.59. The average Bonchev–Trinajstić information content (AvgIpc) is 2.96. The van der Waals surface area contributed by atoms with Gasteiger partial charge in [-0.2, -0.15) is 0 Å². The van der Waals surface area contributed by atoms with Gasteiger partial charge in [-0.3, -0.25) is 4.79 Å². The summed E-state index contributed by atoms with van der Waals surface area (Å²) in [6.45, 7) is 2.48. The first-order valence-electron chi connectivity index (χ1n) is 7.78. The van der Waals surface area contributed by atoms with E-state index < -0.39 is 0 Å². The van der Waals surface area contributed by atoms with Gasteiger partial charge in [0.2, 0.25) is 0 Å². The Balaban J connectivity index is 1.59. The van der Waals surface area contributed by atoms with E-state index in [9.17, 15) is 4.79 Å². The van der Waals surface area contributed by atoms with Crippen molar-refractivity contribution in [2.75, 3.05) is 24.1 Å². The number of nitrogens with zero attached hydrogens (tertiary/aromatic N) is 1. The van der Waals surface area contributed by atoms with Crippen LogP contribution in [0.1, 0.15) is 28.1 Å². The second-order valence-electron chi connectivity index (χ2n) is 5.59. The Labute approximate surface area is 139 Å². The van der Waals surface area contributed by atoms with Crippen LogP contribution in [-0.4, -0.2) is 30.0 Å². The molecule has 1 saturated heterocycles. The van der Waals surface area contributed by atoms with Crippen molar-refractivity contribution in [1.82, 2.24) is 15.6 Å². The highest BCUT2D eigenvalue weighted by Gasteiger charge is 2.20. The number of hydrogen-bond acceptors (Lipinski definition) is 6. The van der Waals surface area contributed by atoms with Crippen LogP contribution in [0, 0.1) is 0 Å². The Hall–Kier alpha value is -2.12. The molecule has 1 aliphatic rings. The maximum Gasteiger partial charge on any atom is 0.265 e. The van der Waals surface area contributed by atoms with E-state index in [1.54, 1.807) is 0 Å². The van der Waals surface area contributed by atoms with Crippen molar-refractivity contribution in [2.24, 2.45) is 0 Å². The molecule has 2 heterocycles. The van der Waals surface area contributed by atoms with E-state index >= 15 is 0 Å². The summed E-state index contributed by atoms with van der Waals surface area (Å²) in [7, 11) is 0. The molecule has 122 valence electrons. The van der Waals surface area contributed by atoms with Crippen LogP contribution in [-0.2, 0) is 6.54 Å². The van der Waals surface area contributed by atoms with Crippen molar-refractivity contribution in [3.8, 4) is 0 Å². The number of nitrogens with one attached hydrogen (secondary N) is 3. The monoisotopic (exact) mass is 331 g/mol. The molecule has 1 amide bonds. The van der Waals surface area contributed by atoms with Gasteiger partial charge in [0.25, 0.3) is 5.91 Å². The van der Waals surface area contributed by atoms with Crippen LogP contribution >= 0.6 is 11.3 Å². The fourth-order valence-electron chi connectivity index (χ4n) is 2.57. The Morgan fingerprint density at radius 2 is 2.22 bits per heavy atom. The smallest absolute Gasteiger partial charge is 0.265 e. The van der Waals surface area contributed by atoms with Crippen LogP contribution in [0.5, 0.6) is 0 Å². The van der Waals surface area contributed by atoms with Gasteiger partial charge in [-0.15, -0.1) is 0 Å². The lowest BCUT2D eigenvalue weighted by Crippen LogP contribution is -2.45. The highest BCUT2D eigenvalue weighted by atomic mass is 32.1. The molecule has 2 aromatic rings. The first kappa shape index (κ1) is 15.8. The molecule has 1 aliphatic heterocycles. The van der Waals surface area contributed by atoms with Crippen LogP contribution in [0.15, 0.2) is 30.3 Å². The van der Waals surface area contributed by atoms with E-state index in [1.807, 2.05) is 30.3 Å². The van der Waals surface area contributed by atoms with E-state index in [0.717, 1.165) is 31.5 Å². The Morgan fingerprint density at radius 3 is 2.96 bits per heavy atom. The highest BCUT2D eigenvalue weighted by Crippen LogP contribution is 2.25. The summed E-state index contributed by atoms with van der Waals surface area (Å²) in [5, 5.41) is 10.2. The third-order valence-electron chi connectivity index (χ3n) is 3.78. The summed E-state index contributed by atoms with van der Waals surface area (Å²) in [4.78, 5) is 17.1. The van der Waals surface area contributed by atoms with Crippen molar-refractivity contribution in [2.45, 2.75) is 25.4 Å². The molecule has 0 spiro atoms. The van der Waals surface area contributed by atoms with Gasteiger partial charge in [-0.25, -0.2) is 4.98 Å². The number of amides is 1. The summed E-state index contributed by atoms with van der Waals surface area (Å²) < 4.78 is 0. The lowest BCUT2D eigenvalue weighted by Gasteiger charge is -2.23. The second-order valence-corrected chi connectivity index (χ2v) is 6.59. The number of nitrogens with two attached hydrogens (primary N) is 1. The molecule has 6 nitrogen and oxygen atoms in total. The zero-order chi connectivity index (χ0) is 16.1. The number of thiazole rings is 1. The number of carbonyl (C=O) groups excluding carboxylic acids is 1. The Bertz CT molecular complexity index is 652. The molecule has 1 atom stereocenters. The third kappa shape index (κ3) is 4.20. The predicted molar refractivity (Wildman–Crippen MR) is 93.7 cm³/mol. The number of hydrogen-bond donors (Lipinski definition) is 4. The molecular formula is C16H21N5OS. The Morgan fingerprint density at radius 1 is 1.39 bits per heavy atom. The number of anilines is 2. The van der Waals surface area contributed by atoms with Crippen LogP contribution in [0.3, 0.4) is 0 Å². The van der Waals surface area contributed by atoms with Crippen LogP contribution in [0.2, 0.25) is 0 Å². The van der Waals surface area contributed by atoms with E-state index in [-0.39, 0.29) is 17.8 Å². The van der Waals surface area contributed by atoms with Crippen LogP contribution in [0.25, 0.3) is 0 Å². The summed E-state index contributed by atoms with van der Waals surface area (Å²) >= 11 is 1.30. The molecule has 0 bridgehead atoms. The molecule has 0 aliphatic carbocycles. The van der Waals surface area contributed by atoms with E-state index in [0.29, 0.717) is 16.6 Å². The summed E-state index contributed by atoms with van der Waals surface area (Å²) in [6, 6.07) is 10.2. The van der Waals surface area contributed by atoms with Gasteiger partial charge in [0.1, 0.15) is 10.7 Å². The predicted octanol–water partition coefficient (Wildman–Crippen LogP) is 1.82. The maximum absolute atomic E-state index is 12.3. The molecule has 0 radical (unpaired) electrons. The molecule has 23 heavy (non-hydrogen) atoms. The maximum atomic E-state index is 12.3. The van der Waals surface area contributed by atoms with E-state index in [4.69, 9.17) is 5.73 Å². The van der Waals surface area contributed by atoms with Crippen molar-refractivity contribution >= 4 is 28.2 Å². The molecule has 1 fully saturated rings. The summed E-state index contributed by atoms with van der Waals surface area (Å²) in [5.74, 6) is 0.147. The number of carbonyl (C=O) groups is 1. The Kier molecular flexibility index (Phi) is 5.09. The topological polar surface area (TPSA) is 92.1 Å². The van der Waals surface area contributed by atoms with Gasteiger partial charge >= 0.3 is 0 Å². The summed E-state index contributed by atoms with van der Waals surface area (Å²) in [6.07, 6.45) is 2.07. The third-order valence-corrected chi connectivity index (χ3v) is 4.81. The minimum absolute atomic E-state index is 0.138. The fourth-order valence-corrected chi connectivity index (χ4v) is 3.35. The number of piperidine rings is 1. The highest BCUT2D eigenvalue weighted by molar-refractivity contribution is 7.18. The van der Waals surface area contributed by atoms with Gasteiger partial charge in [0.05, 0.1) is 0 Å². The number of nitrogen functional groups attached to an aromatic ring is 1. The summed E-state index contributed by atoms with van der Waals surface area (Å²) in [5.41, 5.74) is 7.05. The lowest BCUT2D eigenvalue weighted by molar-refractivity contribution is 0.0935. The quantitative estimate of drug-likeness (QED) is 0.671. The van der Waals surface area contributed by atoms with Gasteiger partial charge in [-0.05, 0) is 24.9 Å². The van der Waals surface area contributed by atoms with Gasteiger partial charge in [-0.1, -0.05) is 41.7 Å². The normalized spacial score (nSPS) is 17.7. The van der Waals surface area contributed by atoms with Crippen molar-refractivity contribution in [1.29, 1.82) is 0 Å². The van der Waals surface area contributed by atoms with Crippen molar-refractivity contribution in [3.05, 3.63) is 40.8 Å². The van der Waals surface area contributed by atoms with Crippen molar-refractivity contribution < 1.29 is 4.79 Å². The molecule has 1 unspecified atom stereocenters. The molecule has 3 rings (SSSR count). The van der Waals surface area contributed by atoms with Crippen LogP contribution < -0.4 is 21.7 Å². The number of benzene rings is 1. The van der Waals surface area contributed by atoms with E-state index in [1.165, 1.54) is 11.3 Å². The molecule has 5 N–H and O–H groups in total. The second kappa shape index (κ2) is 7.43. The average molecular weight is 331 g/mol. The van der Waals surface area contributed by atoms with Gasteiger partial charge in [0, 0.05) is 19.1 Å². The largest absolute Gasteiger partial charge is 0.382 e. The number of aromatic nitrogens is 1. The SMILES string of the molecule is Nc1nc(NCc2ccccc2)sc1C(=O)NC1CCCNC1. The molecule has 7 heteroatoms. The minimum atomic E-state index is -0.138. The molecule has 1 aromatic carbocycles. The zero-order valence-electron chi connectivity index (χ0n) is 12.8. The molecule has 0 saturated carbocycles. The number of rotatable bonds is 5. The van der Waals surface area contributed by atoms with Gasteiger partial charge in [0.15, 0.2) is 5.13 Å². The van der Waals surface area contributed by atoms with Crippen LogP contribution in [0.4, 0.5) is 10.9 Å². The zero-order valence-corrected chi connectivity index (χ0v) is 13.7.